The summed E-state index contributed by atoms with van der Waals surface area (Å²) in [6, 6.07) is 8.01. The van der Waals surface area contributed by atoms with Gasteiger partial charge in [-0.3, -0.25) is 9.59 Å². The van der Waals surface area contributed by atoms with E-state index in [0.29, 0.717) is 29.5 Å². The Balaban J connectivity index is 1.42. The van der Waals surface area contributed by atoms with Gasteiger partial charge in [0.15, 0.2) is 5.78 Å². The zero-order valence-corrected chi connectivity index (χ0v) is 27.0. The fourth-order valence-corrected chi connectivity index (χ4v) is 12.5. The number of carboxylic acids is 1. The average Bonchev–Trinajstić information content (AvgIpc) is 3.34. The van der Waals surface area contributed by atoms with Crippen molar-refractivity contribution in [3.63, 3.8) is 0 Å². The second-order valence-electron chi connectivity index (χ2n) is 16.3. The molecule has 1 aromatic carbocycles. The van der Waals surface area contributed by atoms with Crippen LogP contribution in [0.3, 0.4) is 0 Å². The van der Waals surface area contributed by atoms with Gasteiger partial charge in [-0.1, -0.05) is 65.0 Å². The normalized spacial score (nSPS) is 44.9. The molecule has 4 nitrogen and oxygen atoms in total. The average molecular weight is 573 g/mol. The van der Waals surface area contributed by atoms with Crippen LogP contribution in [-0.2, 0) is 9.59 Å². The second-order valence-corrected chi connectivity index (χ2v) is 16.3. The van der Waals surface area contributed by atoms with E-state index in [9.17, 15) is 14.7 Å². The quantitative estimate of drug-likeness (QED) is 0.289. The first-order chi connectivity index (χ1) is 19.7. The van der Waals surface area contributed by atoms with E-state index in [0.717, 1.165) is 74.7 Å². The molecule has 1 aromatic rings. The van der Waals surface area contributed by atoms with Gasteiger partial charge in [-0.25, -0.2) is 0 Å². The fourth-order valence-electron chi connectivity index (χ4n) is 12.5. The number of hydrogen-bond acceptors (Lipinski definition) is 3. The Morgan fingerprint density at radius 2 is 1.67 bits per heavy atom. The molecule has 9 atom stereocenters. The molecule has 0 spiro atoms. The van der Waals surface area contributed by atoms with E-state index in [1.807, 2.05) is 24.3 Å². The number of methoxy groups -OCH3 is 1. The van der Waals surface area contributed by atoms with Gasteiger partial charge in [0.05, 0.1) is 12.5 Å². The Bertz CT molecular complexity index is 1350. The number of fused-ring (bicyclic) bond motifs is 7. The van der Waals surface area contributed by atoms with E-state index in [1.54, 1.807) is 7.11 Å². The number of ether oxygens (including phenoxy) is 1. The van der Waals surface area contributed by atoms with Gasteiger partial charge in [0.2, 0.25) is 0 Å². The summed E-state index contributed by atoms with van der Waals surface area (Å²) in [5, 5.41) is 10.7. The number of hydrogen-bond donors (Lipinski definition) is 1. The van der Waals surface area contributed by atoms with Crippen LogP contribution in [0.25, 0.3) is 6.08 Å². The predicted octanol–water partition coefficient (Wildman–Crippen LogP) is 9.00. The summed E-state index contributed by atoms with van der Waals surface area (Å²) in [7, 11) is 1.69. The summed E-state index contributed by atoms with van der Waals surface area (Å²) < 4.78 is 5.66. The lowest BCUT2D eigenvalue weighted by atomic mass is 9.32. The standard InChI is InChI=1S/C38H52O4/c1-23(2)26-15-18-38(33(40)41)20-19-36(6)27(31(26)38)13-14-30-35(5)22-25(21-24-11-9-10-12-28(24)42-8)32(39)34(3,4)29(35)16-17-37(30,36)7/h9-12,21,26-27,29-31H,1,13-20,22H2,2-8H3,(H,40,41)/b25-21+/t26?,27-,29?,30-,31?,35+,36-,37-,38+/m1/s1. The van der Waals surface area contributed by atoms with Crippen molar-refractivity contribution in [3.8, 4) is 5.75 Å². The smallest absolute Gasteiger partial charge is 0.309 e. The van der Waals surface area contributed by atoms with Crippen molar-refractivity contribution in [3.05, 3.63) is 47.6 Å². The molecule has 4 heteroatoms. The first-order valence-corrected chi connectivity index (χ1v) is 16.4. The summed E-state index contributed by atoms with van der Waals surface area (Å²) in [5.41, 5.74) is 2.23. The van der Waals surface area contributed by atoms with E-state index in [4.69, 9.17) is 4.74 Å². The van der Waals surface area contributed by atoms with Gasteiger partial charge in [0.1, 0.15) is 5.75 Å². The number of Topliss-reactive ketones (excluding diaryl/α,β-unsaturated/α-hetero) is 1. The summed E-state index contributed by atoms with van der Waals surface area (Å²) >= 11 is 0. The number of benzene rings is 1. The van der Waals surface area contributed by atoms with E-state index >= 15 is 0 Å². The number of ketones is 1. The van der Waals surface area contributed by atoms with Crippen LogP contribution in [0, 0.1) is 56.7 Å². The van der Waals surface area contributed by atoms with Crippen molar-refractivity contribution in [2.45, 2.75) is 99.3 Å². The highest BCUT2D eigenvalue weighted by molar-refractivity contribution is 6.04. The van der Waals surface area contributed by atoms with Crippen LogP contribution in [0.5, 0.6) is 5.75 Å². The van der Waals surface area contributed by atoms with Gasteiger partial charge in [0, 0.05) is 11.0 Å². The summed E-state index contributed by atoms with van der Waals surface area (Å²) in [5.74, 6) is 2.23. The predicted molar refractivity (Wildman–Crippen MR) is 168 cm³/mol. The number of carboxylic acid groups (broad SMARTS) is 1. The molecule has 42 heavy (non-hydrogen) atoms. The second kappa shape index (κ2) is 9.57. The highest BCUT2D eigenvalue weighted by atomic mass is 16.5. The van der Waals surface area contributed by atoms with Gasteiger partial charge in [0.25, 0.3) is 0 Å². The zero-order valence-electron chi connectivity index (χ0n) is 27.0. The first-order valence-electron chi connectivity index (χ1n) is 16.4. The van der Waals surface area contributed by atoms with Crippen LogP contribution in [0.1, 0.15) is 105 Å². The Morgan fingerprint density at radius 3 is 2.33 bits per heavy atom. The first kappa shape index (κ1) is 29.7. The highest BCUT2D eigenvalue weighted by Crippen LogP contribution is 2.77. The molecule has 3 unspecified atom stereocenters. The molecular formula is C38H52O4. The molecule has 5 fully saturated rings. The molecule has 5 aliphatic rings. The highest BCUT2D eigenvalue weighted by Gasteiger charge is 2.72. The number of carbonyl (C=O) groups excluding carboxylic acids is 1. The number of aliphatic carboxylic acids is 1. The third-order valence-electron chi connectivity index (χ3n) is 14.5. The van der Waals surface area contributed by atoms with Crippen LogP contribution < -0.4 is 4.74 Å². The van der Waals surface area contributed by atoms with Gasteiger partial charge < -0.3 is 9.84 Å². The molecule has 0 radical (unpaired) electrons. The molecule has 0 heterocycles. The van der Waals surface area contributed by atoms with E-state index < -0.39 is 16.8 Å². The van der Waals surface area contributed by atoms with Crippen molar-refractivity contribution in [1.82, 2.24) is 0 Å². The zero-order chi connectivity index (χ0) is 30.5. The molecule has 0 saturated heterocycles. The maximum Gasteiger partial charge on any atom is 0.309 e. The molecule has 5 saturated carbocycles. The van der Waals surface area contributed by atoms with Crippen LogP contribution in [0.4, 0.5) is 0 Å². The van der Waals surface area contributed by atoms with Crippen LogP contribution in [0.15, 0.2) is 42.0 Å². The SMILES string of the molecule is C=C(C)C1CC[C@]2(C(=O)O)CC[C@]3(C)[C@H](CC[C@@H]4[C@@]5(C)C/C(=C\c6ccccc6OC)C(=O)C(C)(C)C5CC[C@]43C)C12. The van der Waals surface area contributed by atoms with Gasteiger partial charge in [-0.2, -0.15) is 0 Å². The topological polar surface area (TPSA) is 63.6 Å². The Labute approximate surface area is 253 Å². The Kier molecular flexibility index (Phi) is 6.77. The molecule has 6 rings (SSSR count). The van der Waals surface area contributed by atoms with Crippen LogP contribution in [0.2, 0.25) is 0 Å². The van der Waals surface area contributed by atoms with Crippen molar-refractivity contribution < 1.29 is 19.4 Å². The maximum absolute atomic E-state index is 14.1. The van der Waals surface area contributed by atoms with Crippen molar-refractivity contribution in [2.24, 2.45) is 56.7 Å². The van der Waals surface area contributed by atoms with E-state index in [2.05, 4.69) is 54.2 Å². The molecule has 0 bridgehead atoms. The Morgan fingerprint density at radius 1 is 0.952 bits per heavy atom. The minimum Gasteiger partial charge on any atom is -0.496 e. The number of para-hydroxylation sites is 1. The molecule has 0 aromatic heterocycles. The monoisotopic (exact) mass is 572 g/mol. The van der Waals surface area contributed by atoms with Crippen molar-refractivity contribution in [2.75, 3.05) is 7.11 Å². The lowest BCUT2D eigenvalue weighted by Crippen LogP contribution is -2.67. The lowest BCUT2D eigenvalue weighted by molar-refractivity contribution is -0.231. The van der Waals surface area contributed by atoms with Crippen LogP contribution in [-0.4, -0.2) is 24.0 Å². The van der Waals surface area contributed by atoms with Crippen LogP contribution >= 0.6 is 0 Å². The van der Waals surface area contributed by atoms with Crippen molar-refractivity contribution in [1.29, 1.82) is 0 Å². The third-order valence-corrected chi connectivity index (χ3v) is 14.5. The van der Waals surface area contributed by atoms with Gasteiger partial charge in [-0.05, 0) is 128 Å². The summed E-state index contributed by atoms with van der Waals surface area (Å²) in [6.07, 6.45) is 10.8. The Hall–Kier alpha value is -2.36. The fraction of sp³-hybridized carbons (Fsp3) is 0.684. The van der Waals surface area contributed by atoms with Gasteiger partial charge in [-0.15, -0.1) is 0 Å². The molecule has 228 valence electrons. The molecule has 0 aliphatic heterocycles. The maximum atomic E-state index is 14.1. The molecule has 1 N–H and O–H groups in total. The van der Waals surface area contributed by atoms with E-state index in [-0.39, 0.29) is 22.2 Å². The van der Waals surface area contributed by atoms with Crippen molar-refractivity contribution >= 4 is 17.8 Å². The van der Waals surface area contributed by atoms with E-state index in [1.165, 1.54) is 5.57 Å². The summed E-state index contributed by atoms with van der Waals surface area (Å²) in [6.45, 7) is 18.5. The summed E-state index contributed by atoms with van der Waals surface area (Å²) in [4.78, 5) is 27.1. The number of carbonyl (C=O) groups is 2. The largest absolute Gasteiger partial charge is 0.496 e. The molecular weight excluding hydrogens is 520 g/mol. The molecule has 0 amide bonds. The third kappa shape index (κ3) is 3.71. The lowest BCUT2D eigenvalue weighted by Gasteiger charge is -2.72. The number of allylic oxidation sites excluding steroid dienone is 2. The van der Waals surface area contributed by atoms with Gasteiger partial charge >= 0.3 is 5.97 Å². The number of rotatable bonds is 4. The minimum absolute atomic E-state index is 0.00297. The molecule has 5 aliphatic carbocycles. The minimum atomic E-state index is -0.595.